The van der Waals surface area contributed by atoms with E-state index in [0.29, 0.717) is 41.5 Å². The summed E-state index contributed by atoms with van der Waals surface area (Å²) in [7, 11) is 4.70. The fourth-order valence-corrected chi connectivity index (χ4v) is 4.14. The summed E-state index contributed by atoms with van der Waals surface area (Å²) in [4.78, 5) is 37.8. The molecule has 4 aromatic rings. The number of aromatic nitrogens is 5. The Hall–Kier alpha value is -3.62. The van der Waals surface area contributed by atoms with E-state index in [4.69, 9.17) is 9.47 Å². The summed E-state index contributed by atoms with van der Waals surface area (Å²) in [5.74, 6) is 1.85. The van der Waals surface area contributed by atoms with Crippen molar-refractivity contribution in [2.75, 3.05) is 14.2 Å². The lowest BCUT2D eigenvalue weighted by atomic mass is 10.0. The number of benzene rings is 1. The molecule has 5 rings (SSSR count). The molecule has 0 bridgehead atoms. The van der Waals surface area contributed by atoms with Crippen LogP contribution in [0.15, 0.2) is 34.1 Å². The molecule has 1 aromatic carbocycles. The van der Waals surface area contributed by atoms with E-state index in [1.165, 1.54) is 7.05 Å². The molecule has 0 amide bonds. The van der Waals surface area contributed by atoms with Crippen LogP contribution >= 0.6 is 0 Å². The average Bonchev–Trinajstić information content (AvgIpc) is 3.38. The summed E-state index contributed by atoms with van der Waals surface area (Å²) in [5.41, 5.74) is 1.05. The Balaban J connectivity index is 1.63. The first kappa shape index (κ1) is 20.3. The van der Waals surface area contributed by atoms with Crippen molar-refractivity contribution in [3.8, 4) is 11.5 Å². The lowest BCUT2D eigenvalue weighted by Gasteiger charge is -2.12. The number of ether oxygens (including phenoxy) is 2. The van der Waals surface area contributed by atoms with Gasteiger partial charge in [0, 0.05) is 37.8 Å². The van der Waals surface area contributed by atoms with Crippen LogP contribution in [0.1, 0.15) is 31.2 Å². The average molecular weight is 435 g/mol. The number of hydrogen-bond donors (Lipinski definition) is 1. The number of nitrogens with one attached hydrogen (secondary N) is 1. The summed E-state index contributed by atoms with van der Waals surface area (Å²) in [6, 6.07) is 3.80. The zero-order chi connectivity index (χ0) is 22.6. The maximum absolute atomic E-state index is 12.8. The molecule has 1 saturated carbocycles. The maximum atomic E-state index is 12.8. The fraction of sp³-hybridized carbons (Fsp3) is 0.391. The molecule has 32 heavy (non-hydrogen) atoms. The summed E-state index contributed by atoms with van der Waals surface area (Å²) in [6.07, 6.45) is 6.09. The molecule has 0 unspecified atom stereocenters. The highest BCUT2D eigenvalue weighted by Gasteiger charge is 2.38. The summed E-state index contributed by atoms with van der Waals surface area (Å²) in [5, 5.41) is 1.86. The van der Waals surface area contributed by atoms with Crippen molar-refractivity contribution in [3.63, 3.8) is 0 Å². The minimum Gasteiger partial charge on any atom is -0.493 e. The lowest BCUT2D eigenvalue weighted by molar-refractivity contribution is 0.356. The van der Waals surface area contributed by atoms with Crippen LogP contribution < -0.4 is 20.7 Å². The molecule has 0 radical (unpaired) electrons. The number of nitrogens with zero attached hydrogens (tertiary/aromatic N) is 4. The fourth-order valence-electron chi connectivity index (χ4n) is 4.14. The van der Waals surface area contributed by atoms with Gasteiger partial charge in [0.2, 0.25) is 0 Å². The van der Waals surface area contributed by atoms with Crippen LogP contribution in [0.2, 0.25) is 0 Å². The molecule has 3 aromatic heterocycles. The first-order valence-corrected chi connectivity index (χ1v) is 10.5. The van der Waals surface area contributed by atoms with Gasteiger partial charge in [-0.3, -0.25) is 18.9 Å². The Morgan fingerprint density at radius 2 is 1.84 bits per heavy atom. The lowest BCUT2D eigenvalue weighted by Crippen LogP contribution is -2.39. The van der Waals surface area contributed by atoms with Gasteiger partial charge in [-0.15, -0.1) is 0 Å². The van der Waals surface area contributed by atoms with Crippen LogP contribution in [-0.2, 0) is 20.0 Å². The molecule has 1 aliphatic rings. The van der Waals surface area contributed by atoms with Gasteiger partial charge in [-0.2, -0.15) is 0 Å². The van der Waals surface area contributed by atoms with E-state index < -0.39 is 0 Å². The predicted molar refractivity (Wildman–Crippen MR) is 121 cm³/mol. The van der Waals surface area contributed by atoms with Crippen LogP contribution in [0.25, 0.3) is 21.9 Å². The minimum absolute atomic E-state index is 0.0857. The number of fused-ring (bicyclic) bond motifs is 2. The Morgan fingerprint density at radius 3 is 2.53 bits per heavy atom. The van der Waals surface area contributed by atoms with Gasteiger partial charge < -0.3 is 14.5 Å². The molecular weight excluding hydrogens is 410 g/mol. The molecule has 9 heteroatoms. The van der Waals surface area contributed by atoms with Crippen molar-refractivity contribution >= 4 is 21.9 Å². The molecule has 3 heterocycles. The van der Waals surface area contributed by atoms with Crippen molar-refractivity contribution in [3.05, 3.63) is 56.8 Å². The predicted octanol–water partition coefficient (Wildman–Crippen LogP) is 2.38. The molecule has 166 valence electrons. The molecule has 0 aliphatic heterocycles. The zero-order valence-corrected chi connectivity index (χ0v) is 18.6. The third-order valence-electron chi connectivity index (χ3n) is 6.37. The third-order valence-corrected chi connectivity index (χ3v) is 6.37. The van der Waals surface area contributed by atoms with Crippen LogP contribution in [0.3, 0.4) is 0 Å². The van der Waals surface area contributed by atoms with Gasteiger partial charge in [-0.1, -0.05) is 6.92 Å². The smallest absolute Gasteiger partial charge is 0.332 e. The van der Waals surface area contributed by atoms with Gasteiger partial charge in [-0.05, 0) is 41.3 Å². The summed E-state index contributed by atoms with van der Waals surface area (Å²) >= 11 is 0. The zero-order valence-electron chi connectivity index (χ0n) is 18.6. The standard InChI is InChI=1S/C23H25N5O4/c1-23(5-6-23)12-28-20-19(21(29)27(2)22(28)30)25-18(26-20)8-14-11-24-10-13-7-16(31-3)17(32-4)9-15(13)14/h7,9-11H,5-6,8,12H2,1-4H3,(H,25,26). The van der Waals surface area contributed by atoms with Gasteiger partial charge in [0.1, 0.15) is 11.3 Å². The largest absolute Gasteiger partial charge is 0.493 e. The monoisotopic (exact) mass is 435 g/mol. The molecule has 1 fully saturated rings. The second-order valence-corrected chi connectivity index (χ2v) is 8.83. The van der Waals surface area contributed by atoms with Crippen molar-refractivity contribution in [1.29, 1.82) is 0 Å². The highest BCUT2D eigenvalue weighted by Crippen LogP contribution is 2.46. The molecule has 1 N–H and O–H groups in total. The second-order valence-electron chi connectivity index (χ2n) is 8.83. The number of imidazole rings is 1. The first-order valence-electron chi connectivity index (χ1n) is 10.5. The topological polar surface area (TPSA) is 104 Å². The van der Waals surface area contributed by atoms with Crippen LogP contribution in [0.5, 0.6) is 11.5 Å². The Morgan fingerprint density at radius 1 is 1.12 bits per heavy atom. The van der Waals surface area contributed by atoms with Crippen molar-refractivity contribution in [1.82, 2.24) is 24.1 Å². The van der Waals surface area contributed by atoms with E-state index in [9.17, 15) is 9.59 Å². The van der Waals surface area contributed by atoms with Crippen LogP contribution in [0, 0.1) is 5.41 Å². The molecule has 9 nitrogen and oxygen atoms in total. The number of methoxy groups -OCH3 is 2. The highest BCUT2D eigenvalue weighted by molar-refractivity contribution is 5.88. The first-order chi connectivity index (χ1) is 15.3. The van der Waals surface area contributed by atoms with E-state index in [1.807, 2.05) is 12.1 Å². The second kappa shape index (κ2) is 7.22. The van der Waals surface area contributed by atoms with Gasteiger partial charge in [0.05, 0.1) is 14.2 Å². The SMILES string of the molecule is COc1cc2cncc(Cc3nc4c([nH]3)c(=O)n(C)c(=O)n4CC3(C)CC3)c2cc1OC. The third kappa shape index (κ3) is 3.24. The Kier molecular flexibility index (Phi) is 4.58. The summed E-state index contributed by atoms with van der Waals surface area (Å²) < 4.78 is 13.6. The Labute approximate surface area is 183 Å². The normalized spacial score (nSPS) is 14.8. The van der Waals surface area contributed by atoms with E-state index in [0.717, 1.165) is 33.7 Å². The Bertz CT molecular complexity index is 1480. The van der Waals surface area contributed by atoms with Crippen molar-refractivity contribution in [2.45, 2.75) is 32.7 Å². The van der Waals surface area contributed by atoms with Gasteiger partial charge in [-0.25, -0.2) is 9.78 Å². The highest BCUT2D eigenvalue weighted by atomic mass is 16.5. The van der Waals surface area contributed by atoms with Crippen molar-refractivity contribution < 1.29 is 9.47 Å². The number of rotatable bonds is 6. The molecule has 0 saturated heterocycles. The van der Waals surface area contributed by atoms with E-state index in [-0.39, 0.29) is 16.7 Å². The van der Waals surface area contributed by atoms with Gasteiger partial charge in [0.25, 0.3) is 5.56 Å². The number of aromatic amines is 1. The molecule has 1 aliphatic carbocycles. The van der Waals surface area contributed by atoms with E-state index >= 15 is 0 Å². The summed E-state index contributed by atoms with van der Waals surface area (Å²) in [6.45, 7) is 2.70. The van der Waals surface area contributed by atoms with E-state index in [1.54, 1.807) is 31.2 Å². The molecular formula is C23H25N5O4. The number of H-pyrrole nitrogens is 1. The molecule has 0 atom stereocenters. The maximum Gasteiger partial charge on any atom is 0.332 e. The van der Waals surface area contributed by atoms with Gasteiger partial charge in [0.15, 0.2) is 17.1 Å². The van der Waals surface area contributed by atoms with E-state index in [2.05, 4.69) is 21.9 Å². The number of pyridine rings is 1. The minimum atomic E-state index is -0.372. The van der Waals surface area contributed by atoms with Gasteiger partial charge >= 0.3 is 5.69 Å². The number of hydrogen-bond acceptors (Lipinski definition) is 6. The van der Waals surface area contributed by atoms with Crippen molar-refractivity contribution in [2.24, 2.45) is 12.5 Å². The molecule has 0 spiro atoms. The van der Waals surface area contributed by atoms with Crippen LogP contribution in [0.4, 0.5) is 0 Å². The van der Waals surface area contributed by atoms with Crippen LogP contribution in [-0.4, -0.2) is 38.3 Å². The quantitative estimate of drug-likeness (QED) is 0.499.